The Kier molecular flexibility index (Phi) is 7.55. The molecule has 3 aromatic rings. The van der Waals surface area contributed by atoms with Crippen molar-refractivity contribution in [2.75, 3.05) is 37.3 Å². The third-order valence-electron chi connectivity index (χ3n) is 8.65. The van der Waals surface area contributed by atoms with Crippen LogP contribution in [-0.2, 0) is 45.7 Å². The van der Waals surface area contributed by atoms with E-state index in [1.54, 1.807) is 11.1 Å². The van der Waals surface area contributed by atoms with Gasteiger partial charge in [-0.3, -0.25) is 14.4 Å². The van der Waals surface area contributed by atoms with Gasteiger partial charge in [0.1, 0.15) is 12.4 Å². The first-order chi connectivity index (χ1) is 20.0. The molecule has 0 radical (unpaired) electrons. The lowest BCUT2D eigenvalue weighted by Crippen LogP contribution is -2.44. The maximum atomic E-state index is 13.6. The van der Waals surface area contributed by atoms with Crippen molar-refractivity contribution >= 4 is 29.2 Å². The Morgan fingerprint density at radius 1 is 1.02 bits per heavy atom. The molecule has 9 nitrogen and oxygen atoms in total. The molecule has 1 saturated heterocycles. The molecule has 1 atom stereocenters. The van der Waals surface area contributed by atoms with Crippen molar-refractivity contribution in [3.63, 3.8) is 0 Å². The molecule has 4 N–H and O–H groups in total. The smallest absolute Gasteiger partial charge is 0.244 e. The summed E-state index contributed by atoms with van der Waals surface area (Å²) < 4.78 is 0. The standard InChI is InChI=1S/C32H36N6O3/c1-33-18-23-5-2-3-6-24(23)19-38(30(40)21-10-13-34-14-11-21)20-28(39)36-26-9-8-22-16-32(17-25(22)15-26)27-7-4-12-35-29(27)37-31(32)41/h2-9,12,15,21,33-34H,10-11,13-14,16-20H2,1H3,(H,36,39)(H,35,37,41). The SMILES string of the molecule is CNCc1ccccc1CN(CC(=O)Nc1ccc2c(c1)CC1(C2)C(=O)Nc2ncccc21)C(=O)C1CCNCC1. The molecule has 6 rings (SSSR count). The summed E-state index contributed by atoms with van der Waals surface area (Å²) in [6.07, 6.45) is 4.39. The van der Waals surface area contributed by atoms with E-state index in [0.717, 1.165) is 53.7 Å². The number of fused-ring (bicyclic) bond motifs is 3. The molecule has 2 aromatic carbocycles. The van der Waals surface area contributed by atoms with Gasteiger partial charge in [0.15, 0.2) is 0 Å². The van der Waals surface area contributed by atoms with Crippen LogP contribution in [0.1, 0.15) is 40.7 Å². The molecular weight excluding hydrogens is 516 g/mol. The minimum absolute atomic E-state index is 0.0244. The second-order valence-electron chi connectivity index (χ2n) is 11.3. The first-order valence-corrected chi connectivity index (χ1v) is 14.4. The van der Waals surface area contributed by atoms with Gasteiger partial charge in [0.05, 0.1) is 5.41 Å². The van der Waals surface area contributed by atoms with E-state index in [9.17, 15) is 14.4 Å². The van der Waals surface area contributed by atoms with Gasteiger partial charge in [0, 0.05) is 36.5 Å². The Labute approximate surface area is 240 Å². The number of rotatable bonds is 8. The highest BCUT2D eigenvalue weighted by Gasteiger charge is 2.51. The fraction of sp³-hybridized carbons (Fsp3) is 0.375. The molecule has 0 bridgehead atoms. The van der Waals surface area contributed by atoms with E-state index in [4.69, 9.17) is 0 Å². The van der Waals surface area contributed by atoms with Gasteiger partial charge in [-0.25, -0.2) is 4.98 Å². The molecule has 3 aliphatic rings. The van der Waals surface area contributed by atoms with Crippen LogP contribution in [0.3, 0.4) is 0 Å². The van der Waals surface area contributed by atoms with Crippen LogP contribution >= 0.6 is 0 Å². The summed E-state index contributed by atoms with van der Waals surface area (Å²) in [5, 5.41) is 12.5. The highest BCUT2D eigenvalue weighted by Crippen LogP contribution is 2.46. The summed E-state index contributed by atoms with van der Waals surface area (Å²) in [7, 11) is 1.90. The highest BCUT2D eigenvalue weighted by atomic mass is 16.2. The Hall–Kier alpha value is -4.08. The van der Waals surface area contributed by atoms with Gasteiger partial charge in [-0.2, -0.15) is 0 Å². The first kappa shape index (κ1) is 27.1. The van der Waals surface area contributed by atoms with Gasteiger partial charge in [0.2, 0.25) is 17.7 Å². The number of piperidine rings is 1. The quantitative estimate of drug-likeness (QED) is 0.342. The number of pyridine rings is 1. The van der Waals surface area contributed by atoms with E-state index in [1.165, 1.54) is 0 Å². The average molecular weight is 553 g/mol. The van der Waals surface area contributed by atoms with Crippen molar-refractivity contribution in [1.82, 2.24) is 20.5 Å². The number of amides is 3. The van der Waals surface area contributed by atoms with Crippen LogP contribution in [-0.4, -0.2) is 54.3 Å². The van der Waals surface area contributed by atoms with E-state index in [0.29, 0.717) is 37.4 Å². The first-order valence-electron chi connectivity index (χ1n) is 14.4. The van der Waals surface area contributed by atoms with Crippen molar-refractivity contribution < 1.29 is 14.4 Å². The summed E-state index contributed by atoms with van der Waals surface area (Å²) in [6.45, 7) is 2.65. The van der Waals surface area contributed by atoms with E-state index in [2.05, 4.69) is 32.3 Å². The number of anilines is 2. The third kappa shape index (κ3) is 5.35. The zero-order valence-corrected chi connectivity index (χ0v) is 23.3. The van der Waals surface area contributed by atoms with Crippen LogP contribution in [0.5, 0.6) is 0 Å². The van der Waals surface area contributed by atoms with Crippen LogP contribution < -0.4 is 21.3 Å². The van der Waals surface area contributed by atoms with Crippen LogP contribution in [0.15, 0.2) is 60.8 Å². The van der Waals surface area contributed by atoms with E-state index >= 15 is 0 Å². The number of hydrogen-bond donors (Lipinski definition) is 4. The molecule has 0 saturated carbocycles. The van der Waals surface area contributed by atoms with Gasteiger partial charge in [-0.05, 0) is 86.3 Å². The van der Waals surface area contributed by atoms with E-state index < -0.39 is 5.41 Å². The van der Waals surface area contributed by atoms with Crippen LogP contribution in [0.25, 0.3) is 0 Å². The fourth-order valence-corrected chi connectivity index (χ4v) is 6.54. The molecular formula is C32H36N6O3. The molecule has 3 amide bonds. The summed E-state index contributed by atoms with van der Waals surface area (Å²) in [6, 6.07) is 17.7. The second-order valence-corrected chi connectivity index (χ2v) is 11.3. The predicted octanol–water partition coefficient (Wildman–Crippen LogP) is 2.76. The van der Waals surface area contributed by atoms with Gasteiger partial charge >= 0.3 is 0 Å². The number of nitrogens with zero attached hydrogens (tertiary/aromatic N) is 2. The number of nitrogens with one attached hydrogen (secondary N) is 4. The summed E-state index contributed by atoms with van der Waals surface area (Å²) in [5.41, 5.74) is 5.21. The van der Waals surface area contributed by atoms with Crippen molar-refractivity contribution in [3.8, 4) is 0 Å². The zero-order valence-electron chi connectivity index (χ0n) is 23.3. The fourth-order valence-electron chi connectivity index (χ4n) is 6.54. The molecule has 41 heavy (non-hydrogen) atoms. The van der Waals surface area contributed by atoms with Crippen molar-refractivity contribution in [2.45, 2.75) is 44.2 Å². The Morgan fingerprint density at radius 2 is 1.80 bits per heavy atom. The topological polar surface area (TPSA) is 115 Å². The maximum Gasteiger partial charge on any atom is 0.244 e. The van der Waals surface area contributed by atoms with Crippen LogP contribution in [0, 0.1) is 5.92 Å². The molecule has 212 valence electrons. The van der Waals surface area contributed by atoms with Gasteiger partial charge in [-0.1, -0.05) is 36.4 Å². The summed E-state index contributed by atoms with van der Waals surface area (Å²) in [5.74, 6) is 0.300. The summed E-state index contributed by atoms with van der Waals surface area (Å²) >= 11 is 0. The van der Waals surface area contributed by atoms with Crippen LogP contribution in [0.4, 0.5) is 11.5 Å². The average Bonchev–Trinajstić information content (AvgIpc) is 3.50. The zero-order chi connectivity index (χ0) is 28.4. The monoisotopic (exact) mass is 552 g/mol. The molecule has 1 spiro atoms. The lowest BCUT2D eigenvalue weighted by molar-refractivity contribution is -0.139. The minimum atomic E-state index is -0.659. The van der Waals surface area contributed by atoms with Gasteiger partial charge in [-0.15, -0.1) is 0 Å². The second kappa shape index (κ2) is 11.4. The lowest BCUT2D eigenvalue weighted by atomic mass is 9.79. The molecule has 1 aliphatic carbocycles. The van der Waals surface area contributed by atoms with Crippen LogP contribution in [0.2, 0.25) is 0 Å². The molecule has 1 aromatic heterocycles. The Balaban J connectivity index is 1.18. The lowest BCUT2D eigenvalue weighted by Gasteiger charge is -2.30. The van der Waals surface area contributed by atoms with Crippen molar-refractivity contribution in [3.05, 3.63) is 88.6 Å². The maximum absolute atomic E-state index is 13.6. The molecule has 9 heteroatoms. The number of hydrogen-bond acceptors (Lipinski definition) is 6. The van der Waals surface area contributed by atoms with Crippen molar-refractivity contribution in [2.24, 2.45) is 5.92 Å². The predicted molar refractivity (Wildman–Crippen MR) is 157 cm³/mol. The summed E-state index contributed by atoms with van der Waals surface area (Å²) in [4.78, 5) is 46.1. The minimum Gasteiger partial charge on any atom is -0.329 e. The molecule has 1 fully saturated rings. The number of carbonyl (C=O) groups excluding carboxylic acids is 3. The third-order valence-corrected chi connectivity index (χ3v) is 8.65. The molecule has 1 unspecified atom stereocenters. The van der Waals surface area contributed by atoms with Gasteiger partial charge < -0.3 is 26.2 Å². The van der Waals surface area contributed by atoms with Gasteiger partial charge in [0.25, 0.3) is 0 Å². The number of benzene rings is 2. The Bertz CT molecular complexity index is 1480. The van der Waals surface area contributed by atoms with E-state index in [-0.39, 0.29) is 30.2 Å². The largest absolute Gasteiger partial charge is 0.329 e. The number of carbonyl (C=O) groups is 3. The highest BCUT2D eigenvalue weighted by molar-refractivity contribution is 6.06. The number of aromatic nitrogens is 1. The molecule has 2 aliphatic heterocycles. The van der Waals surface area contributed by atoms with Crippen molar-refractivity contribution in [1.29, 1.82) is 0 Å². The van der Waals surface area contributed by atoms with E-state index in [1.807, 2.05) is 55.6 Å². The normalized spacial score (nSPS) is 19.5. The molecule has 3 heterocycles. The Morgan fingerprint density at radius 3 is 2.61 bits per heavy atom.